The second kappa shape index (κ2) is 9.26. The van der Waals surface area contributed by atoms with Gasteiger partial charge in [0.2, 0.25) is 5.91 Å². The largest absolute Gasteiger partial charge is 0.465 e. The molecule has 5 heteroatoms. The maximum Gasteiger partial charge on any atom is 0.348 e. The minimum Gasteiger partial charge on any atom is -0.465 e. The third-order valence-corrected chi connectivity index (χ3v) is 6.66. The molecule has 0 spiro atoms. The van der Waals surface area contributed by atoms with Gasteiger partial charge in [0, 0.05) is 5.92 Å². The number of rotatable bonds is 6. The van der Waals surface area contributed by atoms with Gasteiger partial charge >= 0.3 is 5.97 Å². The highest BCUT2D eigenvalue weighted by atomic mass is 32.1. The van der Waals surface area contributed by atoms with Crippen molar-refractivity contribution in [3.63, 3.8) is 0 Å². The van der Waals surface area contributed by atoms with Crippen molar-refractivity contribution in [2.75, 3.05) is 7.11 Å². The molecule has 0 saturated heterocycles. The van der Waals surface area contributed by atoms with E-state index in [1.807, 2.05) is 23.6 Å². The standard InChI is InChI=1S/C25H25NO3S/c1-29-25(28)22-14-17(16-30-22)15-23(27)26-24(19-9-3-2-4-10-19)21-13-7-11-18-8-5-6-12-20(18)21/h2-6,8-10,12,14,16,21,24H,7,11,13,15H2,1H3,(H,26,27). The summed E-state index contributed by atoms with van der Waals surface area (Å²) in [5.41, 5.74) is 4.66. The lowest BCUT2D eigenvalue weighted by atomic mass is 9.76. The minimum atomic E-state index is -0.368. The van der Waals surface area contributed by atoms with Crippen LogP contribution in [0.25, 0.3) is 0 Å². The van der Waals surface area contributed by atoms with Crippen molar-refractivity contribution in [3.05, 3.63) is 93.2 Å². The highest BCUT2D eigenvalue weighted by Crippen LogP contribution is 2.40. The van der Waals surface area contributed by atoms with Crippen molar-refractivity contribution >= 4 is 23.2 Å². The molecule has 0 saturated carbocycles. The zero-order chi connectivity index (χ0) is 20.9. The summed E-state index contributed by atoms with van der Waals surface area (Å²) in [6, 6.07) is 20.4. The average molecular weight is 420 g/mol. The molecule has 4 rings (SSSR count). The number of carbonyl (C=O) groups is 2. The molecule has 2 atom stereocenters. The number of carbonyl (C=O) groups excluding carboxylic acids is 2. The first-order chi connectivity index (χ1) is 14.7. The fourth-order valence-electron chi connectivity index (χ4n) is 4.30. The highest BCUT2D eigenvalue weighted by molar-refractivity contribution is 7.12. The van der Waals surface area contributed by atoms with Crippen LogP contribution in [-0.2, 0) is 22.4 Å². The van der Waals surface area contributed by atoms with E-state index in [4.69, 9.17) is 4.74 Å². The molecule has 1 aliphatic carbocycles. The molecule has 0 aliphatic heterocycles. The van der Waals surface area contributed by atoms with E-state index in [0.717, 1.165) is 30.4 Å². The second-order valence-corrected chi connectivity index (χ2v) is 8.55. The summed E-state index contributed by atoms with van der Waals surface area (Å²) in [6.45, 7) is 0. The number of benzene rings is 2. The summed E-state index contributed by atoms with van der Waals surface area (Å²) < 4.78 is 4.76. The van der Waals surface area contributed by atoms with Crippen molar-refractivity contribution in [3.8, 4) is 0 Å². The molecule has 4 nitrogen and oxygen atoms in total. The van der Waals surface area contributed by atoms with Gasteiger partial charge in [0.1, 0.15) is 4.88 Å². The van der Waals surface area contributed by atoms with Crippen LogP contribution in [-0.4, -0.2) is 19.0 Å². The van der Waals surface area contributed by atoms with Crippen molar-refractivity contribution in [1.82, 2.24) is 5.32 Å². The quantitative estimate of drug-likeness (QED) is 0.569. The van der Waals surface area contributed by atoms with Gasteiger partial charge in [-0.15, -0.1) is 11.3 Å². The van der Waals surface area contributed by atoms with E-state index >= 15 is 0 Å². The first-order valence-corrected chi connectivity index (χ1v) is 11.1. The summed E-state index contributed by atoms with van der Waals surface area (Å²) in [4.78, 5) is 25.2. The lowest BCUT2D eigenvalue weighted by Gasteiger charge is -2.33. The number of fused-ring (bicyclic) bond motifs is 1. The number of hydrogen-bond acceptors (Lipinski definition) is 4. The van der Waals surface area contributed by atoms with Crippen LogP contribution in [0.3, 0.4) is 0 Å². The molecular weight excluding hydrogens is 394 g/mol. The Kier molecular flexibility index (Phi) is 6.29. The van der Waals surface area contributed by atoms with Crippen molar-refractivity contribution in [1.29, 1.82) is 0 Å². The molecule has 2 unspecified atom stereocenters. The first-order valence-electron chi connectivity index (χ1n) is 10.2. The average Bonchev–Trinajstić information content (AvgIpc) is 3.25. The van der Waals surface area contributed by atoms with Gasteiger partial charge in [0.05, 0.1) is 19.6 Å². The Bertz CT molecular complexity index is 1030. The van der Waals surface area contributed by atoms with E-state index in [2.05, 4.69) is 41.7 Å². The zero-order valence-corrected chi connectivity index (χ0v) is 17.8. The third kappa shape index (κ3) is 4.46. The van der Waals surface area contributed by atoms with Crippen LogP contribution >= 0.6 is 11.3 Å². The number of ether oxygens (including phenoxy) is 1. The Morgan fingerprint density at radius 1 is 1.13 bits per heavy atom. The van der Waals surface area contributed by atoms with Crippen molar-refractivity contribution < 1.29 is 14.3 Å². The van der Waals surface area contributed by atoms with Gasteiger partial charge in [-0.1, -0.05) is 54.6 Å². The molecule has 0 radical (unpaired) electrons. The second-order valence-electron chi connectivity index (χ2n) is 7.64. The minimum absolute atomic E-state index is 0.0406. The third-order valence-electron chi connectivity index (χ3n) is 5.70. The van der Waals surface area contributed by atoms with Gasteiger partial charge in [-0.2, -0.15) is 0 Å². The normalized spacial score (nSPS) is 16.4. The van der Waals surface area contributed by atoms with Crippen LogP contribution < -0.4 is 5.32 Å². The summed E-state index contributed by atoms with van der Waals surface area (Å²) in [5.74, 6) is -0.164. The zero-order valence-electron chi connectivity index (χ0n) is 17.0. The topological polar surface area (TPSA) is 55.4 Å². The smallest absolute Gasteiger partial charge is 0.348 e. The molecule has 1 amide bonds. The molecule has 1 aromatic heterocycles. The van der Waals surface area contributed by atoms with Gasteiger partial charge in [0.25, 0.3) is 0 Å². The van der Waals surface area contributed by atoms with Crippen LogP contribution in [0.5, 0.6) is 0 Å². The van der Waals surface area contributed by atoms with Crippen LogP contribution in [0.1, 0.15) is 56.7 Å². The maximum atomic E-state index is 13.0. The van der Waals surface area contributed by atoms with Gasteiger partial charge in [-0.3, -0.25) is 4.79 Å². The van der Waals surface area contributed by atoms with Crippen LogP contribution in [0.15, 0.2) is 66.0 Å². The van der Waals surface area contributed by atoms with E-state index in [1.165, 1.54) is 29.6 Å². The molecule has 30 heavy (non-hydrogen) atoms. The van der Waals surface area contributed by atoms with Gasteiger partial charge in [-0.25, -0.2) is 4.79 Å². The lowest BCUT2D eigenvalue weighted by molar-refractivity contribution is -0.121. The van der Waals surface area contributed by atoms with E-state index in [1.54, 1.807) is 6.07 Å². The molecule has 154 valence electrons. The Hall–Kier alpha value is -2.92. The number of thiophene rings is 1. The fraction of sp³-hybridized carbons (Fsp3) is 0.280. The Balaban J connectivity index is 1.56. The molecule has 3 aromatic rings. The monoisotopic (exact) mass is 419 g/mol. The number of amides is 1. The Morgan fingerprint density at radius 2 is 1.90 bits per heavy atom. The first kappa shape index (κ1) is 20.4. The summed E-state index contributed by atoms with van der Waals surface area (Å²) in [7, 11) is 1.36. The number of nitrogens with one attached hydrogen (secondary N) is 1. The van der Waals surface area contributed by atoms with Crippen LogP contribution in [0.4, 0.5) is 0 Å². The lowest BCUT2D eigenvalue weighted by Crippen LogP contribution is -2.34. The van der Waals surface area contributed by atoms with Gasteiger partial charge in [0.15, 0.2) is 0 Å². The number of aryl methyl sites for hydroxylation is 1. The molecule has 1 heterocycles. The summed E-state index contributed by atoms with van der Waals surface area (Å²) in [5, 5.41) is 5.14. The molecular formula is C25H25NO3S. The van der Waals surface area contributed by atoms with Crippen LogP contribution in [0.2, 0.25) is 0 Å². The molecule has 0 bridgehead atoms. The number of hydrogen-bond donors (Lipinski definition) is 1. The molecule has 2 aromatic carbocycles. The molecule has 1 aliphatic rings. The maximum absolute atomic E-state index is 13.0. The van der Waals surface area contributed by atoms with Gasteiger partial charge in [-0.05, 0) is 53.0 Å². The summed E-state index contributed by atoms with van der Waals surface area (Å²) >= 11 is 1.30. The van der Waals surface area contributed by atoms with E-state index < -0.39 is 0 Å². The van der Waals surface area contributed by atoms with Gasteiger partial charge < -0.3 is 10.1 Å². The Labute approximate surface area is 180 Å². The van der Waals surface area contributed by atoms with E-state index in [0.29, 0.717) is 4.88 Å². The predicted octanol–water partition coefficient (Wildman–Crippen LogP) is 5.05. The predicted molar refractivity (Wildman–Crippen MR) is 119 cm³/mol. The fourth-order valence-corrected chi connectivity index (χ4v) is 5.13. The number of esters is 1. The Morgan fingerprint density at radius 3 is 2.70 bits per heavy atom. The van der Waals surface area contributed by atoms with Crippen molar-refractivity contribution in [2.24, 2.45) is 0 Å². The summed E-state index contributed by atoms with van der Waals surface area (Å²) in [6.07, 6.45) is 3.49. The molecule has 0 fully saturated rings. The molecule has 1 N–H and O–H groups in total. The number of methoxy groups -OCH3 is 1. The SMILES string of the molecule is COC(=O)c1cc(CC(=O)NC(c2ccccc2)C2CCCc3ccccc32)cs1. The van der Waals surface area contributed by atoms with E-state index in [-0.39, 0.29) is 30.3 Å². The van der Waals surface area contributed by atoms with E-state index in [9.17, 15) is 9.59 Å². The van der Waals surface area contributed by atoms with Crippen LogP contribution in [0, 0.1) is 0 Å². The highest BCUT2D eigenvalue weighted by Gasteiger charge is 2.30. The van der Waals surface area contributed by atoms with Crippen molar-refractivity contribution in [2.45, 2.75) is 37.6 Å².